The van der Waals surface area contributed by atoms with Crippen molar-refractivity contribution in [2.45, 2.75) is 255 Å². The van der Waals surface area contributed by atoms with E-state index in [1.165, 1.54) is 44.9 Å². The Kier molecular flexibility index (Phi) is 45.8. The lowest BCUT2D eigenvalue weighted by Crippen LogP contribution is -2.44. The zero-order chi connectivity index (χ0) is 49.2. The molecule has 0 N–H and O–H groups in total. The summed E-state index contributed by atoms with van der Waals surface area (Å²) in [5.41, 5.74) is 0.694. The van der Waals surface area contributed by atoms with Gasteiger partial charge in [0.2, 0.25) is 0 Å². The van der Waals surface area contributed by atoms with Crippen molar-refractivity contribution in [2.24, 2.45) is 64.1 Å². The summed E-state index contributed by atoms with van der Waals surface area (Å²) in [6.07, 6.45) is 14.1. The van der Waals surface area contributed by atoms with Crippen molar-refractivity contribution < 1.29 is 33.2 Å². The topological polar surface area (TPSA) is 64.6 Å². The van der Waals surface area contributed by atoms with Gasteiger partial charge in [0.25, 0.3) is 0 Å². The molecule has 7 nitrogen and oxygen atoms in total. The molecule has 2 heterocycles. The molecule has 7 heteroatoms. The van der Waals surface area contributed by atoms with Gasteiger partial charge in [0.05, 0.1) is 32.0 Å². The molecule has 392 valence electrons. The van der Waals surface area contributed by atoms with Crippen LogP contribution in [0, 0.1) is 64.1 Å². The summed E-state index contributed by atoms with van der Waals surface area (Å²) in [5, 5.41) is 0. The average Bonchev–Trinajstić information content (AvgIpc) is 3.60. The van der Waals surface area contributed by atoms with E-state index in [2.05, 4.69) is 145 Å². The standard InChI is InChI=1S/C15H32O3.2C11H22O2.C10H22.C9H20.CH4/c1-5-9-16-12-15(8-4,13-17-10-6-2)14-18-11-7-3;1-6-12-11-9(4)7(2)8(3)10(5)13-11;1-6-7(2)10-8(3)9(4)11(12-5)13-10;1-6-8(3)10(5)9(4)7-2;1-5-9(6-2,7-3)8-4;/h5-14H2,1-4H3;2*7-11H,6H2,1-5H3;8-10H,6-7H2,1-5H3;5-8H2,1-4H3;1H4. The van der Waals surface area contributed by atoms with Crippen LogP contribution in [-0.4, -0.2) is 78.1 Å². The zero-order valence-electron chi connectivity index (χ0n) is 47.1. The highest BCUT2D eigenvalue weighted by atomic mass is 16.7. The Morgan fingerprint density at radius 3 is 1.14 bits per heavy atom. The van der Waals surface area contributed by atoms with Crippen LogP contribution in [-0.2, 0) is 33.2 Å². The van der Waals surface area contributed by atoms with Crippen molar-refractivity contribution in [3.63, 3.8) is 0 Å². The van der Waals surface area contributed by atoms with Crippen molar-refractivity contribution in [1.82, 2.24) is 0 Å². The van der Waals surface area contributed by atoms with Crippen molar-refractivity contribution in [1.29, 1.82) is 0 Å². The molecule has 0 aromatic heterocycles. The molecule has 12 atom stereocenters. The molecular formula is C57H122O7. The number of methoxy groups -OCH3 is 1. The van der Waals surface area contributed by atoms with E-state index < -0.39 is 0 Å². The highest BCUT2D eigenvalue weighted by molar-refractivity contribution is 4.84. The van der Waals surface area contributed by atoms with Crippen LogP contribution in [0.2, 0.25) is 0 Å². The molecule has 0 aromatic carbocycles. The van der Waals surface area contributed by atoms with Crippen molar-refractivity contribution >= 4 is 0 Å². The van der Waals surface area contributed by atoms with Gasteiger partial charge in [-0.3, -0.25) is 0 Å². The van der Waals surface area contributed by atoms with Crippen LogP contribution in [0.3, 0.4) is 0 Å². The fourth-order valence-corrected chi connectivity index (χ4v) is 8.61. The van der Waals surface area contributed by atoms with Crippen LogP contribution in [0.25, 0.3) is 0 Å². The van der Waals surface area contributed by atoms with E-state index in [-0.39, 0.29) is 25.4 Å². The van der Waals surface area contributed by atoms with E-state index in [0.717, 1.165) is 89.7 Å². The molecule has 2 aliphatic heterocycles. The quantitative estimate of drug-likeness (QED) is 0.0801. The lowest BCUT2D eigenvalue weighted by atomic mass is 9.78. The van der Waals surface area contributed by atoms with Gasteiger partial charge in [-0.15, -0.1) is 0 Å². The minimum absolute atomic E-state index is 0. The largest absolute Gasteiger partial charge is 0.381 e. The summed E-state index contributed by atoms with van der Waals surface area (Å²) in [7, 11) is 1.73. The van der Waals surface area contributed by atoms with Gasteiger partial charge in [0.1, 0.15) is 0 Å². The van der Waals surface area contributed by atoms with Crippen LogP contribution < -0.4 is 0 Å². The van der Waals surface area contributed by atoms with Gasteiger partial charge in [-0.25, -0.2) is 0 Å². The third kappa shape index (κ3) is 27.0. The smallest absolute Gasteiger partial charge is 0.160 e. The van der Waals surface area contributed by atoms with Crippen molar-refractivity contribution in [3.8, 4) is 0 Å². The molecule has 0 amide bonds. The molecule has 0 bridgehead atoms. The van der Waals surface area contributed by atoms with Gasteiger partial charge in [0.15, 0.2) is 12.6 Å². The van der Waals surface area contributed by atoms with Crippen molar-refractivity contribution in [2.75, 3.05) is 53.4 Å². The first-order chi connectivity index (χ1) is 29.8. The third-order valence-electron chi connectivity index (χ3n) is 16.1. The van der Waals surface area contributed by atoms with Crippen LogP contribution in [0.15, 0.2) is 0 Å². The maximum Gasteiger partial charge on any atom is 0.160 e. The van der Waals surface area contributed by atoms with E-state index in [9.17, 15) is 0 Å². The second-order valence-electron chi connectivity index (χ2n) is 20.1. The molecule has 2 saturated heterocycles. The number of rotatable bonds is 26. The van der Waals surface area contributed by atoms with Crippen LogP contribution in [0.5, 0.6) is 0 Å². The summed E-state index contributed by atoms with van der Waals surface area (Å²) in [6, 6.07) is 0. The van der Waals surface area contributed by atoms with Gasteiger partial charge in [-0.2, -0.15) is 0 Å². The maximum absolute atomic E-state index is 5.87. The van der Waals surface area contributed by atoms with E-state index in [1.54, 1.807) is 7.11 Å². The lowest BCUT2D eigenvalue weighted by Gasteiger charge is -2.42. The second-order valence-corrected chi connectivity index (χ2v) is 20.1. The Morgan fingerprint density at radius 2 is 0.859 bits per heavy atom. The fraction of sp³-hybridized carbons (Fsp3) is 1.00. The molecular weight excluding hydrogens is 797 g/mol. The zero-order valence-corrected chi connectivity index (χ0v) is 47.1. The molecule has 0 aliphatic carbocycles. The van der Waals surface area contributed by atoms with Crippen LogP contribution >= 0.6 is 0 Å². The summed E-state index contributed by atoms with van der Waals surface area (Å²) >= 11 is 0. The Hall–Kier alpha value is -0.280. The SMILES string of the molecule is C.CCC(C)C(C)C(C)CC.CCC(C)C1OC(OC)C(C)C1C.CCC(CC)(CC)CC.CCCOCC(CC)(COCCC)COCCC.CCOC1OC(C)C(C)C(C)C1C. The molecule has 0 spiro atoms. The van der Waals surface area contributed by atoms with Crippen molar-refractivity contribution in [3.05, 3.63) is 0 Å². The Morgan fingerprint density at radius 1 is 0.469 bits per heavy atom. The molecule has 0 saturated carbocycles. The minimum Gasteiger partial charge on any atom is -0.381 e. The van der Waals surface area contributed by atoms with E-state index in [0.29, 0.717) is 53.1 Å². The first kappa shape index (κ1) is 70.3. The molecule has 0 radical (unpaired) electrons. The second kappa shape index (κ2) is 41.7. The van der Waals surface area contributed by atoms with Gasteiger partial charge < -0.3 is 33.2 Å². The summed E-state index contributed by atoms with van der Waals surface area (Å²) in [5.74, 6) is 6.28. The number of hydrogen-bond donors (Lipinski definition) is 0. The highest BCUT2D eigenvalue weighted by Crippen LogP contribution is 2.38. The first-order valence-electron chi connectivity index (χ1n) is 27.0. The maximum atomic E-state index is 5.87. The Balaban J connectivity index is -0.000000357. The average molecular weight is 920 g/mol. The van der Waals surface area contributed by atoms with Crippen LogP contribution in [0.1, 0.15) is 230 Å². The number of ether oxygens (including phenoxy) is 7. The predicted molar refractivity (Wildman–Crippen MR) is 281 cm³/mol. The fourth-order valence-electron chi connectivity index (χ4n) is 8.61. The van der Waals surface area contributed by atoms with Gasteiger partial charge >= 0.3 is 0 Å². The lowest BCUT2D eigenvalue weighted by molar-refractivity contribution is -0.241. The Labute approximate surface area is 404 Å². The molecule has 2 fully saturated rings. The predicted octanol–water partition coefficient (Wildman–Crippen LogP) is 17.0. The van der Waals surface area contributed by atoms with E-state index >= 15 is 0 Å². The minimum atomic E-state index is 0. The normalized spacial score (nSPS) is 26.2. The molecule has 2 rings (SSSR count). The molecule has 12 unspecified atom stereocenters. The van der Waals surface area contributed by atoms with Crippen LogP contribution in [0.4, 0.5) is 0 Å². The molecule has 2 aliphatic rings. The summed E-state index contributed by atoms with van der Waals surface area (Å²) < 4.78 is 39.7. The van der Waals surface area contributed by atoms with Gasteiger partial charge in [-0.1, -0.05) is 191 Å². The number of hydrogen-bond acceptors (Lipinski definition) is 7. The monoisotopic (exact) mass is 919 g/mol. The Bertz CT molecular complexity index is 920. The summed E-state index contributed by atoms with van der Waals surface area (Å²) in [4.78, 5) is 0. The molecule has 0 aromatic rings. The first-order valence-corrected chi connectivity index (χ1v) is 27.0. The molecule has 64 heavy (non-hydrogen) atoms. The van der Waals surface area contributed by atoms with Gasteiger partial charge in [-0.05, 0) is 86.4 Å². The summed E-state index contributed by atoms with van der Waals surface area (Å²) in [6.45, 7) is 54.8. The van der Waals surface area contributed by atoms with E-state index in [4.69, 9.17) is 33.2 Å². The third-order valence-corrected chi connectivity index (χ3v) is 16.1. The van der Waals surface area contributed by atoms with E-state index in [1.807, 2.05) is 6.92 Å². The van der Waals surface area contributed by atoms with Gasteiger partial charge in [0, 0.05) is 50.8 Å². The highest BCUT2D eigenvalue weighted by Gasteiger charge is 2.41.